The molecule has 4 aliphatic heterocycles. The number of nitrogens with one attached hydrogen (secondary N) is 3. The SMILES string of the molecule is C1=CC2C(C=C1C1CCCCN1)SC1=C(CCC(C3CNCCN3)=C1)C21c2ccccc2Sc2ccccc21. The number of piperidine rings is 1. The van der Waals surface area contributed by atoms with E-state index in [4.69, 9.17) is 0 Å². The van der Waals surface area contributed by atoms with Gasteiger partial charge in [0.25, 0.3) is 0 Å². The van der Waals surface area contributed by atoms with Gasteiger partial charge in [0.05, 0.1) is 5.41 Å². The maximum Gasteiger partial charge on any atom is 0.0523 e. The van der Waals surface area contributed by atoms with Crippen LogP contribution in [0.2, 0.25) is 0 Å². The lowest BCUT2D eigenvalue weighted by Crippen LogP contribution is -2.51. The first-order valence-electron chi connectivity index (χ1n) is 14.9. The summed E-state index contributed by atoms with van der Waals surface area (Å²) in [6.07, 6.45) is 16.5. The summed E-state index contributed by atoms with van der Waals surface area (Å²) in [4.78, 5) is 4.39. The highest BCUT2D eigenvalue weighted by Gasteiger charge is 2.55. The zero-order valence-corrected chi connectivity index (χ0v) is 24.1. The molecule has 0 saturated carbocycles. The molecule has 3 N–H and O–H groups in total. The smallest absolute Gasteiger partial charge is 0.0523 e. The average Bonchev–Trinajstić information content (AvgIpc) is 3.01. The molecule has 4 heterocycles. The molecule has 5 heteroatoms. The number of piperazine rings is 1. The predicted molar refractivity (Wildman–Crippen MR) is 165 cm³/mol. The first-order chi connectivity index (χ1) is 19.3. The number of benzene rings is 2. The molecular formula is C34H37N3S2. The minimum Gasteiger partial charge on any atom is -0.314 e. The van der Waals surface area contributed by atoms with Crippen LogP contribution in [-0.2, 0) is 5.41 Å². The van der Waals surface area contributed by atoms with Gasteiger partial charge >= 0.3 is 0 Å². The second-order valence-electron chi connectivity index (χ2n) is 11.8. The molecule has 2 aliphatic carbocycles. The molecule has 4 unspecified atom stereocenters. The fourth-order valence-electron chi connectivity index (χ4n) is 8.01. The maximum absolute atomic E-state index is 3.82. The highest BCUT2D eigenvalue weighted by atomic mass is 32.2. The van der Waals surface area contributed by atoms with E-state index < -0.39 is 0 Å². The highest BCUT2D eigenvalue weighted by Crippen LogP contribution is 2.64. The molecule has 2 fully saturated rings. The van der Waals surface area contributed by atoms with Crippen molar-refractivity contribution in [2.24, 2.45) is 5.92 Å². The van der Waals surface area contributed by atoms with Gasteiger partial charge in [0, 0.05) is 57.6 Å². The third-order valence-electron chi connectivity index (χ3n) is 9.77. The van der Waals surface area contributed by atoms with Crippen LogP contribution in [0.1, 0.15) is 43.2 Å². The molecular weight excluding hydrogens is 515 g/mol. The fourth-order valence-corrected chi connectivity index (χ4v) is 10.8. The van der Waals surface area contributed by atoms with Crippen molar-refractivity contribution in [3.8, 4) is 0 Å². The van der Waals surface area contributed by atoms with E-state index in [0.29, 0.717) is 23.3 Å². The van der Waals surface area contributed by atoms with Crippen molar-refractivity contribution in [3.63, 3.8) is 0 Å². The monoisotopic (exact) mass is 551 g/mol. The van der Waals surface area contributed by atoms with E-state index in [0.717, 1.165) is 39.0 Å². The maximum atomic E-state index is 3.82. The lowest BCUT2D eigenvalue weighted by molar-refractivity contribution is 0.397. The summed E-state index contributed by atoms with van der Waals surface area (Å²) in [7, 11) is 0. The molecule has 8 rings (SSSR count). The summed E-state index contributed by atoms with van der Waals surface area (Å²) in [6, 6.07) is 19.5. The van der Waals surface area contributed by atoms with Crippen molar-refractivity contribution in [2.45, 2.75) is 64.6 Å². The van der Waals surface area contributed by atoms with Crippen molar-refractivity contribution in [1.29, 1.82) is 0 Å². The molecule has 4 atom stereocenters. The first-order valence-corrected chi connectivity index (χ1v) is 16.6. The van der Waals surface area contributed by atoms with Gasteiger partial charge in [-0.3, -0.25) is 0 Å². The Morgan fingerprint density at radius 3 is 2.36 bits per heavy atom. The molecule has 0 bridgehead atoms. The molecule has 39 heavy (non-hydrogen) atoms. The van der Waals surface area contributed by atoms with Crippen LogP contribution in [-0.4, -0.2) is 43.5 Å². The minimum atomic E-state index is -0.123. The van der Waals surface area contributed by atoms with Crippen molar-refractivity contribution < 1.29 is 0 Å². The van der Waals surface area contributed by atoms with Crippen LogP contribution in [0.3, 0.4) is 0 Å². The largest absolute Gasteiger partial charge is 0.314 e. The number of thioether (sulfide) groups is 1. The number of allylic oxidation sites excluding steroid dienone is 3. The van der Waals surface area contributed by atoms with Gasteiger partial charge in [0.2, 0.25) is 0 Å². The van der Waals surface area contributed by atoms with Crippen molar-refractivity contribution in [3.05, 3.63) is 106 Å². The van der Waals surface area contributed by atoms with E-state index >= 15 is 0 Å². The van der Waals surface area contributed by atoms with E-state index in [1.807, 2.05) is 11.8 Å². The van der Waals surface area contributed by atoms with Crippen molar-refractivity contribution >= 4 is 23.5 Å². The van der Waals surface area contributed by atoms with E-state index in [9.17, 15) is 0 Å². The Bertz CT molecular complexity index is 1360. The molecule has 2 aromatic rings. The van der Waals surface area contributed by atoms with Crippen LogP contribution in [0.4, 0.5) is 0 Å². The average molecular weight is 552 g/mol. The molecule has 0 radical (unpaired) electrons. The van der Waals surface area contributed by atoms with Crippen molar-refractivity contribution in [2.75, 3.05) is 26.2 Å². The van der Waals surface area contributed by atoms with Crippen LogP contribution in [0, 0.1) is 5.92 Å². The topological polar surface area (TPSA) is 36.1 Å². The Labute approximate surface area is 241 Å². The number of hydrogen-bond donors (Lipinski definition) is 3. The van der Waals surface area contributed by atoms with Crippen molar-refractivity contribution in [1.82, 2.24) is 16.0 Å². The number of rotatable bonds is 2. The van der Waals surface area contributed by atoms with E-state index in [2.05, 4.69) is 101 Å². The standard InChI is InChI=1S/C34H37N3S2/c1-3-10-30-24(7-1)34(25-8-2-4-11-31(25)38-30)26-14-12-22(28-9-5-6-16-36-28)19-32(26)39-33-20-23(13-15-27(33)34)29-21-35-17-18-37-29/h1-4,7-8,10-12,14,19-20,26,28-29,32,35-37H,5-6,9,13,15-18,21H2. The van der Waals surface area contributed by atoms with E-state index in [-0.39, 0.29) is 5.41 Å². The fraction of sp³-hybridized carbons (Fsp3) is 0.412. The Balaban J connectivity index is 1.33. The third-order valence-corrected chi connectivity index (χ3v) is 12.2. The van der Waals surface area contributed by atoms with Gasteiger partial charge in [0.1, 0.15) is 0 Å². The molecule has 0 amide bonds. The van der Waals surface area contributed by atoms with Gasteiger partial charge in [0.15, 0.2) is 0 Å². The van der Waals surface area contributed by atoms with E-state index in [1.165, 1.54) is 50.7 Å². The van der Waals surface area contributed by atoms with Gasteiger partial charge in [-0.25, -0.2) is 0 Å². The first kappa shape index (κ1) is 24.8. The van der Waals surface area contributed by atoms with Gasteiger partial charge in [-0.1, -0.05) is 78.4 Å². The Morgan fingerprint density at radius 2 is 1.62 bits per heavy atom. The molecule has 1 spiro atoms. The highest BCUT2D eigenvalue weighted by molar-refractivity contribution is 8.04. The Kier molecular flexibility index (Phi) is 6.42. The molecule has 200 valence electrons. The Hall–Kier alpha value is -2.02. The molecule has 3 nitrogen and oxygen atoms in total. The molecule has 2 saturated heterocycles. The number of fused-ring (bicyclic) bond motifs is 7. The summed E-state index contributed by atoms with van der Waals surface area (Å²) >= 11 is 4.11. The normalized spacial score (nSPS) is 31.0. The van der Waals surface area contributed by atoms with Gasteiger partial charge in [-0.05, 0) is 72.7 Å². The quantitative estimate of drug-likeness (QED) is 0.406. The van der Waals surface area contributed by atoms with Crippen LogP contribution in [0.15, 0.2) is 104 Å². The molecule has 2 aromatic carbocycles. The van der Waals surface area contributed by atoms with Crippen LogP contribution >= 0.6 is 23.5 Å². The lowest BCUT2D eigenvalue weighted by Gasteiger charge is -2.54. The lowest BCUT2D eigenvalue weighted by atomic mass is 9.57. The molecule has 6 aliphatic rings. The van der Waals surface area contributed by atoms with Gasteiger partial charge in [-0.2, -0.15) is 0 Å². The minimum absolute atomic E-state index is 0.123. The summed E-state index contributed by atoms with van der Waals surface area (Å²) in [5.74, 6) is 0.404. The zero-order valence-electron chi connectivity index (χ0n) is 22.4. The van der Waals surface area contributed by atoms with Crippen LogP contribution in [0.25, 0.3) is 0 Å². The molecule has 0 aromatic heterocycles. The summed E-state index contributed by atoms with van der Waals surface area (Å²) in [6.45, 7) is 4.31. The summed E-state index contributed by atoms with van der Waals surface area (Å²) in [5.41, 5.74) is 7.65. The second-order valence-corrected chi connectivity index (χ2v) is 14.1. The number of hydrogen-bond acceptors (Lipinski definition) is 5. The summed E-state index contributed by atoms with van der Waals surface area (Å²) < 4.78 is 0. The van der Waals surface area contributed by atoms with Gasteiger partial charge < -0.3 is 16.0 Å². The van der Waals surface area contributed by atoms with E-state index in [1.54, 1.807) is 11.1 Å². The summed E-state index contributed by atoms with van der Waals surface area (Å²) in [5, 5.41) is 11.7. The Morgan fingerprint density at radius 1 is 0.821 bits per heavy atom. The van der Waals surface area contributed by atoms with Crippen LogP contribution < -0.4 is 16.0 Å². The predicted octanol–water partition coefficient (Wildman–Crippen LogP) is 6.34. The van der Waals surface area contributed by atoms with Crippen LogP contribution in [0.5, 0.6) is 0 Å². The third kappa shape index (κ3) is 3.99. The second kappa shape index (κ2) is 10.1. The van der Waals surface area contributed by atoms with Gasteiger partial charge in [-0.15, -0.1) is 11.8 Å². The zero-order chi connectivity index (χ0) is 25.8.